The molecule has 1 saturated heterocycles. The summed E-state index contributed by atoms with van der Waals surface area (Å²) < 4.78 is 5.86. The van der Waals surface area contributed by atoms with Gasteiger partial charge < -0.3 is 15.0 Å². The molecule has 0 aliphatic carbocycles. The molecule has 126 valence electrons. The lowest BCUT2D eigenvalue weighted by Crippen LogP contribution is -2.37. The fourth-order valence-corrected chi connectivity index (χ4v) is 2.87. The number of rotatable bonds is 5. The number of nitrogens with zero attached hydrogens (tertiary/aromatic N) is 2. The number of pyridine rings is 1. The summed E-state index contributed by atoms with van der Waals surface area (Å²) in [4.78, 5) is 18.5. The van der Waals surface area contributed by atoms with E-state index in [1.807, 2.05) is 29.2 Å². The summed E-state index contributed by atoms with van der Waals surface area (Å²) in [6.07, 6.45) is 3.31. The van der Waals surface area contributed by atoms with Crippen LogP contribution < -0.4 is 5.32 Å². The van der Waals surface area contributed by atoms with Crippen LogP contribution in [0.25, 0.3) is 0 Å². The van der Waals surface area contributed by atoms with Gasteiger partial charge in [0, 0.05) is 44.5 Å². The van der Waals surface area contributed by atoms with Crippen LogP contribution in [0.5, 0.6) is 0 Å². The third-order valence-corrected chi connectivity index (χ3v) is 4.13. The minimum atomic E-state index is 0.0415. The van der Waals surface area contributed by atoms with Gasteiger partial charge in [-0.05, 0) is 17.7 Å². The number of benzene rings is 1. The molecule has 5 nitrogen and oxygen atoms in total. The average molecular weight is 325 g/mol. The Balaban J connectivity index is 1.53. The molecule has 2 heterocycles. The van der Waals surface area contributed by atoms with Gasteiger partial charge in [0.2, 0.25) is 0 Å². The fraction of sp³-hybridized carbons (Fsp3) is 0.368. The van der Waals surface area contributed by atoms with Gasteiger partial charge in [0.05, 0.1) is 18.8 Å². The lowest BCUT2D eigenvalue weighted by molar-refractivity contribution is 0.0615. The Morgan fingerprint density at radius 2 is 2.12 bits per heavy atom. The number of carbonyl (C=O) groups excluding carboxylic acids is 1. The zero-order valence-corrected chi connectivity index (χ0v) is 13.7. The van der Waals surface area contributed by atoms with Crippen molar-refractivity contribution >= 4 is 5.91 Å². The standard InChI is InChI=1S/C19H23N3O2/c23-19(18-7-4-8-20-12-18)22-10-9-21-11-17(13-22)15-24-14-16-5-2-1-3-6-16/h1-8,12,17,21H,9-11,13-15H2. The Kier molecular flexibility index (Phi) is 5.93. The van der Waals surface area contributed by atoms with Gasteiger partial charge in [-0.2, -0.15) is 0 Å². The van der Waals surface area contributed by atoms with Crippen molar-refractivity contribution in [1.82, 2.24) is 15.2 Å². The van der Waals surface area contributed by atoms with Crippen LogP contribution in [0.3, 0.4) is 0 Å². The van der Waals surface area contributed by atoms with E-state index in [0.717, 1.165) is 13.1 Å². The number of carbonyl (C=O) groups is 1. The topological polar surface area (TPSA) is 54.5 Å². The number of ether oxygens (including phenoxy) is 1. The summed E-state index contributed by atoms with van der Waals surface area (Å²) in [6, 6.07) is 13.8. The normalized spacial score (nSPS) is 18.2. The summed E-state index contributed by atoms with van der Waals surface area (Å²) in [5, 5.41) is 3.39. The molecule has 1 aromatic heterocycles. The van der Waals surface area contributed by atoms with Crippen LogP contribution in [-0.2, 0) is 11.3 Å². The fourth-order valence-electron chi connectivity index (χ4n) is 2.87. The lowest BCUT2D eigenvalue weighted by Gasteiger charge is -2.24. The van der Waals surface area contributed by atoms with Crippen LogP contribution in [0.4, 0.5) is 0 Å². The smallest absolute Gasteiger partial charge is 0.255 e. The maximum atomic E-state index is 12.6. The van der Waals surface area contributed by atoms with Gasteiger partial charge in [-0.1, -0.05) is 30.3 Å². The summed E-state index contributed by atoms with van der Waals surface area (Å²) in [7, 11) is 0. The molecular weight excluding hydrogens is 302 g/mol. The molecule has 2 aromatic rings. The molecule has 3 rings (SSSR count). The van der Waals surface area contributed by atoms with Crippen molar-refractivity contribution < 1.29 is 9.53 Å². The van der Waals surface area contributed by atoms with Gasteiger partial charge in [-0.25, -0.2) is 0 Å². The number of hydrogen-bond acceptors (Lipinski definition) is 4. The molecule has 0 radical (unpaired) electrons. The van der Waals surface area contributed by atoms with Gasteiger partial charge in [0.25, 0.3) is 5.91 Å². The number of amides is 1. The van der Waals surface area contributed by atoms with Gasteiger partial charge in [0.1, 0.15) is 0 Å². The van der Waals surface area contributed by atoms with Gasteiger partial charge >= 0.3 is 0 Å². The first kappa shape index (κ1) is 16.6. The van der Waals surface area contributed by atoms with Crippen molar-refractivity contribution in [2.45, 2.75) is 6.61 Å². The van der Waals surface area contributed by atoms with Crippen molar-refractivity contribution in [3.8, 4) is 0 Å². The molecule has 0 saturated carbocycles. The highest BCUT2D eigenvalue weighted by atomic mass is 16.5. The Hall–Kier alpha value is -2.24. The molecule has 5 heteroatoms. The Bertz CT molecular complexity index is 634. The van der Waals surface area contributed by atoms with E-state index >= 15 is 0 Å². The van der Waals surface area contributed by atoms with Crippen molar-refractivity contribution in [3.05, 3.63) is 66.0 Å². The summed E-state index contributed by atoms with van der Waals surface area (Å²) in [6.45, 7) is 4.33. The molecule has 1 fully saturated rings. The second-order valence-electron chi connectivity index (χ2n) is 6.06. The molecule has 1 amide bonds. The van der Waals surface area contributed by atoms with Crippen LogP contribution in [0.1, 0.15) is 15.9 Å². The maximum Gasteiger partial charge on any atom is 0.255 e. The second kappa shape index (κ2) is 8.57. The van der Waals surface area contributed by atoms with Crippen LogP contribution in [0.15, 0.2) is 54.9 Å². The first-order chi connectivity index (χ1) is 11.8. The Labute approximate surface area is 142 Å². The highest BCUT2D eigenvalue weighted by Crippen LogP contribution is 2.10. The van der Waals surface area contributed by atoms with Crippen LogP contribution in [0, 0.1) is 5.92 Å². The maximum absolute atomic E-state index is 12.6. The highest BCUT2D eigenvalue weighted by molar-refractivity contribution is 5.93. The van der Waals surface area contributed by atoms with E-state index in [9.17, 15) is 4.79 Å². The summed E-state index contributed by atoms with van der Waals surface area (Å²) in [5.41, 5.74) is 1.81. The third-order valence-electron chi connectivity index (χ3n) is 4.13. The molecule has 24 heavy (non-hydrogen) atoms. The highest BCUT2D eigenvalue weighted by Gasteiger charge is 2.23. The van der Waals surface area contributed by atoms with E-state index in [1.165, 1.54) is 5.56 Å². The molecule has 1 N–H and O–H groups in total. The SMILES string of the molecule is O=C(c1cccnc1)N1CCNCC(COCc2ccccc2)C1. The van der Waals surface area contributed by atoms with Crippen molar-refractivity contribution in [3.63, 3.8) is 0 Å². The summed E-state index contributed by atoms with van der Waals surface area (Å²) in [5.74, 6) is 0.330. The van der Waals surface area contributed by atoms with E-state index in [4.69, 9.17) is 4.74 Å². The monoisotopic (exact) mass is 325 g/mol. The van der Waals surface area contributed by atoms with Crippen molar-refractivity contribution in [2.24, 2.45) is 5.92 Å². The predicted octanol–water partition coefficient (Wildman–Crippen LogP) is 1.96. The average Bonchev–Trinajstić information content (AvgIpc) is 2.88. The number of hydrogen-bond donors (Lipinski definition) is 1. The van der Waals surface area contributed by atoms with Crippen LogP contribution in [-0.4, -0.2) is 48.6 Å². The first-order valence-electron chi connectivity index (χ1n) is 8.34. The van der Waals surface area contributed by atoms with E-state index in [0.29, 0.717) is 31.9 Å². The number of aromatic nitrogens is 1. The molecule has 1 aliphatic heterocycles. The molecule has 1 aliphatic rings. The van der Waals surface area contributed by atoms with Crippen LogP contribution >= 0.6 is 0 Å². The molecule has 1 atom stereocenters. The Morgan fingerprint density at radius 1 is 1.25 bits per heavy atom. The molecule has 0 spiro atoms. The Morgan fingerprint density at radius 3 is 2.92 bits per heavy atom. The third kappa shape index (κ3) is 4.63. The van der Waals surface area contributed by atoms with Crippen LogP contribution in [0.2, 0.25) is 0 Å². The van der Waals surface area contributed by atoms with E-state index in [-0.39, 0.29) is 11.8 Å². The van der Waals surface area contributed by atoms with Crippen molar-refractivity contribution in [1.29, 1.82) is 0 Å². The van der Waals surface area contributed by atoms with Gasteiger partial charge in [-0.3, -0.25) is 9.78 Å². The molecule has 0 bridgehead atoms. The lowest BCUT2D eigenvalue weighted by atomic mass is 10.1. The zero-order valence-electron chi connectivity index (χ0n) is 13.7. The van der Waals surface area contributed by atoms with E-state index < -0.39 is 0 Å². The predicted molar refractivity (Wildman–Crippen MR) is 92.6 cm³/mol. The number of nitrogens with one attached hydrogen (secondary N) is 1. The minimum absolute atomic E-state index is 0.0415. The van der Waals surface area contributed by atoms with Crippen molar-refractivity contribution in [2.75, 3.05) is 32.8 Å². The van der Waals surface area contributed by atoms with E-state index in [2.05, 4.69) is 22.4 Å². The largest absolute Gasteiger partial charge is 0.376 e. The first-order valence-corrected chi connectivity index (χ1v) is 8.34. The van der Waals surface area contributed by atoms with E-state index in [1.54, 1.807) is 18.5 Å². The molecule has 1 unspecified atom stereocenters. The molecular formula is C19H23N3O2. The second-order valence-corrected chi connectivity index (χ2v) is 6.06. The summed E-state index contributed by atoms with van der Waals surface area (Å²) >= 11 is 0. The zero-order chi connectivity index (χ0) is 16.6. The quantitative estimate of drug-likeness (QED) is 0.913. The minimum Gasteiger partial charge on any atom is -0.376 e. The van der Waals surface area contributed by atoms with Gasteiger partial charge in [0.15, 0.2) is 0 Å². The van der Waals surface area contributed by atoms with Gasteiger partial charge in [-0.15, -0.1) is 0 Å². The molecule has 1 aromatic carbocycles.